The van der Waals surface area contributed by atoms with Gasteiger partial charge in [-0.25, -0.2) is 0 Å². The summed E-state index contributed by atoms with van der Waals surface area (Å²) in [6.45, 7) is 0.546. The fourth-order valence-corrected chi connectivity index (χ4v) is 1.91. The molecule has 1 amide bonds. The van der Waals surface area contributed by atoms with Crippen LogP contribution in [0.2, 0.25) is 0 Å². The fourth-order valence-electron chi connectivity index (χ4n) is 1.12. The van der Waals surface area contributed by atoms with Gasteiger partial charge in [0.25, 0.3) is 0 Å². The Morgan fingerprint density at radius 3 is 2.92 bits per heavy atom. The van der Waals surface area contributed by atoms with Crippen LogP contribution in [-0.4, -0.2) is 5.91 Å². The zero-order valence-corrected chi connectivity index (χ0v) is 8.06. The van der Waals surface area contributed by atoms with Crippen LogP contribution in [0.1, 0.15) is 17.7 Å². The predicted molar refractivity (Wildman–Crippen MR) is 53.6 cm³/mol. The molecule has 1 aliphatic rings. The van der Waals surface area contributed by atoms with Crippen LogP contribution in [0.15, 0.2) is 12.1 Å². The van der Waals surface area contributed by atoms with Crippen LogP contribution in [0.3, 0.4) is 0 Å². The van der Waals surface area contributed by atoms with E-state index in [0.717, 1.165) is 22.7 Å². The van der Waals surface area contributed by atoms with Crippen molar-refractivity contribution in [1.82, 2.24) is 0 Å². The number of nitrogens with one attached hydrogen (secondary N) is 1. The van der Waals surface area contributed by atoms with E-state index in [4.69, 9.17) is 5.73 Å². The largest absolute Gasteiger partial charge is 0.326 e. The molecular formula is C9H12N2OS. The first-order valence-corrected chi connectivity index (χ1v) is 5.21. The van der Waals surface area contributed by atoms with Gasteiger partial charge in [0.2, 0.25) is 5.91 Å². The second kappa shape index (κ2) is 3.47. The highest BCUT2D eigenvalue weighted by Crippen LogP contribution is 2.31. The molecule has 0 atom stereocenters. The number of rotatable bonds is 3. The van der Waals surface area contributed by atoms with Crippen molar-refractivity contribution in [3.8, 4) is 0 Å². The molecule has 4 heteroatoms. The van der Waals surface area contributed by atoms with E-state index >= 15 is 0 Å². The zero-order valence-electron chi connectivity index (χ0n) is 7.25. The first kappa shape index (κ1) is 8.72. The molecule has 3 N–H and O–H groups in total. The molecule has 0 radical (unpaired) electrons. The van der Waals surface area contributed by atoms with Gasteiger partial charge in [-0.15, -0.1) is 11.3 Å². The Bertz CT molecular complexity index is 317. The van der Waals surface area contributed by atoms with E-state index in [1.165, 1.54) is 0 Å². The van der Waals surface area contributed by atoms with Crippen molar-refractivity contribution in [2.24, 2.45) is 11.7 Å². The minimum absolute atomic E-state index is 0.158. The van der Waals surface area contributed by atoms with Crippen molar-refractivity contribution in [3.63, 3.8) is 0 Å². The van der Waals surface area contributed by atoms with Gasteiger partial charge in [0.15, 0.2) is 0 Å². The monoisotopic (exact) mass is 196 g/mol. The summed E-state index contributed by atoms with van der Waals surface area (Å²) >= 11 is 1.55. The van der Waals surface area contributed by atoms with E-state index in [2.05, 4.69) is 5.32 Å². The first-order valence-electron chi connectivity index (χ1n) is 4.39. The number of carbonyl (C=O) groups excluding carboxylic acids is 1. The number of thiophene rings is 1. The van der Waals surface area contributed by atoms with E-state index in [-0.39, 0.29) is 11.8 Å². The third kappa shape index (κ3) is 2.08. The fraction of sp³-hybridized carbons (Fsp3) is 0.444. The summed E-state index contributed by atoms with van der Waals surface area (Å²) in [5, 5.41) is 3.80. The van der Waals surface area contributed by atoms with Gasteiger partial charge in [-0.3, -0.25) is 4.79 Å². The van der Waals surface area contributed by atoms with Gasteiger partial charge in [-0.05, 0) is 25.0 Å². The van der Waals surface area contributed by atoms with E-state index < -0.39 is 0 Å². The van der Waals surface area contributed by atoms with Gasteiger partial charge in [-0.1, -0.05) is 0 Å². The van der Waals surface area contributed by atoms with Gasteiger partial charge in [-0.2, -0.15) is 0 Å². The van der Waals surface area contributed by atoms with E-state index in [0.29, 0.717) is 6.54 Å². The van der Waals surface area contributed by atoms with Gasteiger partial charge < -0.3 is 11.1 Å². The molecule has 70 valence electrons. The standard InChI is InChI=1S/C9H12N2OS/c10-5-7-3-4-8(13-7)11-9(12)6-1-2-6/h3-4,6H,1-2,5,10H2,(H,11,12). The molecule has 13 heavy (non-hydrogen) atoms. The van der Waals surface area contributed by atoms with E-state index in [9.17, 15) is 4.79 Å². The third-order valence-corrected chi connectivity index (χ3v) is 3.08. The van der Waals surface area contributed by atoms with Crippen molar-refractivity contribution in [2.75, 3.05) is 5.32 Å². The summed E-state index contributed by atoms with van der Waals surface area (Å²) in [6.07, 6.45) is 2.09. The summed E-state index contributed by atoms with van der Waals surface area (Å²) in [5.74, 6) is 0.425. The molecule has 0 aliphatic heterocycles. The lowest BCUT2D eigenvalue weighted by atomic mass is 10.4. The normalized spacial score (nSPS) is 15.8. The molecule has 0 aromatic carbocycles. The summed E-state index contributed by atoms with van der Waals surface area (Å²) < 4.78 is 0. The number of anilines is 1. The van der Waals surface area contributed by atoms with Crippen LogP contribution in [-0.2, 0) is 11.3 Å². The molecule has 1 heterocycles. The van der Waals surface area contributed by atoms with Gasteiger partial charge >= 0.3 is 0 Å². The zero-order chi connectivity index (χ0) is 9.26. The highest BCUT2D eigenvalue weighted by atomic mass is 32.1. The second-order valence-electron chi connectivity index (χ2n) is 3.23. The molecule has 1 aliphatic carbocycles. The SMILES string of the molecule is NCc1ccc(NC(=O)C2CC2)s1. The van der Waals surface area contributed by atoms with Crippen molar-refractivity contribution in [1.29, 1.82) is 0 Å². The van der Waals surface area contributed by atoms with Crippen molar-refractivity contribution in [3.05, 3.63) is 17.0 Å². The molecule has 0 bridgehead atoms. The highest BCUT2D eigenvalue weighted by Gasteiger charge is 2.29. The van der Waals surface area contributed by atoms with Gasteiger partial charge in [0, 0.05) is 17.3 Å². The Kier molecular flexibility index (Phi) is 2.33. The Labute approximate surface area is 80.9 Å². The van der Waals surface area contributed by atoms with Crippen LogP contribution < -0.4 is 11.1 Å². The summed E-state index contributed by atoms with van der Waals surface area (Å²) in [4.78, 5) is 12.4. The highest BCUT2D eigenvalue weighted by molar-refractivity contribution is 7.16. The summed E-state index contributed by atoms with van der Waals surface area (Å²) in [6, 6.07) is 3.86. The predicted octanol–water partition coefficient (Wildman–Crippen LogP) is 1.56. The molecule has 1 saturated carbocycles. The van der Waals surface area contributed by atoms with Crippen molar-refractivity contribution >= 4 is 22.2 Å². The van der Waals surface area contributed by atoms with Crippen molar-refractivity contribution in [2.45, 2.75) is 19.4 Å². The molecule has 2 rings (SSSR count). The quantitative estimate of drug-likeness (QED) is 0.770. The Hall–Kier alpha value is -0.870. The topological polar surface area (TPSA) is 55.1 Å². The smallest absolute Gasteiger partial charge is 0.228 e. The molecule has 1 aromatic heterocycles. The molecule has 1 aromatic rings. The molecule has 1 fully saturated rings. The molecule has 3 nitrogen and oxygen atoms in total. The maximum atomic E-state index is 11.3. The second-order valence-corrected chi connectivity index (χ2v) is 4.40. The average Bonchev–Trinajstić information content (AvgIpc) is 2.88. The molecule has 0 spiro atoms. The minimum Gasteiger partial charge on any atom is -0.326 e. The lowest BCUT2D eigenvalue weighted by molar-refractivity contribution is -0.117. The first-order chi connectivity index (χ1) is 6.29. The van der Waals surface area contributed by atoms with Crippen molar-refractivity contribution < 1.29 is 4.79 Å². The lowest BCUT2D eigenvalue weighted by Crippen LogP contribution is -2.11. The number of hydrogen-bond acceptors (Lipinski definition) is 3. The minimum atomic E-state index is 0.158. The number of amides is 1. The van der Waals surface area contributed by atoms with Crippen LogP contribution in [0, 0.1) is 5.92 Å². The van der Waals surface area contributed by atoms with Gasteiger partial charge in [0.1, 0.15) is 0 Å². The van der Waals surface area contributed by atoms with Crippen LogP contribution in [0.5, 0.6) is 0 Å². The van der Waals surface area contributed by atoms with Gasteiger partial charge in [0.05, 0.1) is 5.00 Å². The maximum Gasteiger partial charge on any atom is 0.228 e. The van der Waals surface area contributed by atoms with E-state index in [1.807, 2.05) is 12.1 Å². The molecular weight excluding hydrogens is 184 g/mol. The van der Waals surface area contributed by atoms with Crippen LogP contribution >= 0.6 is 11.3 Å². The summed E-state index contributed by atoms with van der Waals surface area (Å²) in [7, 11) is 0. The van der Waals surface area contributed by atoms with E-state index in [1.54, 1.807) is 11.3 Å². The molecule has 0 unspecified atom stereocenters. The third-order valence-electron chi connectivity index (χ3n) is 2.06. The summed E-state index contributed by atoms with van der Waals surface area (Å²) in [5.41, 5.74) is 5.46. The lowest BCUT2D eigenvalue weighted by Gasteiger charge is -1.98. The number of nitrogens with two attached hydrogens (primary N) is 1. The van der Waals surface area contributed by atoms with Crippen LogP contribution in [0.25, 0.3) is 0 Å². The maximum absolute atomic E-state index is 11.3. The Balaban J connectivity index is 1.96. The molecule has 0 saturated heterocycles. The Morgan fingerprint density at radius 1 is 1.62 bits per heavy atom. The Morgan fingerprint density at radius 2 is 2.38 bits per heavy atom. The average molecular weight is 196 g/mol. The number of hydrogen-bond donors (Lipinski definition) is 2. The van der Waals surface area contributed by atoms with Crippen LogP contribution in [0.4, 0.5) is 5.00 Å². The number of carbonyl (C=O) groups is 1.